The van der Waals surface area contributed by atoms with E-state index in [4.69, 9.17) is 28.4 Å². The van der Waals surface area contributed by atoms with Crippen LogP contribution in [0.1, 0.15) is 105 Å². The lowest BCUT2D eigenvalue weighted by atomic mass is 9.96. The summed E-state index contributed by atoms with van der Waals surface area (Å²) in [6.07, 6.45) is 3.97. The van der Waals surface area contributed by atoms with E-state index in [1.807, 2.05) is 27.7 Å². The van der Waals surface area contributed by atoms with Crippen LogP contribution in [0.15, 0.2) is 24.3 Å². The van der Waals surface area contributed by atoms with Gasteiger partial charge >= 0.3 is 35.8 Å². The monoisotopic (exact) mass is 654 g/mol. The van der Waals surface area contributed by atoms with Gasteiger partial charge in [-0.1, -0.05) is 73.5 Å². The number of carbonyl (C=O) groups is 6. The molecule has 0 aromatic rings. The van der Waals surface area contributed by atoms with Crippen LogP contribution < -0.4 is 0 Å². The third-order valence-electron chi connectivity index (χ3n) is 6.81. The first-order valence-electron chi connectivity index (χ1n) is 16.4. The highest BCUT2D eigenvalue weighted by Gasteiger charge is 2.34. The summed E-state index contributed by atoms with van der Waals surface area (Å²) in [5.41, 5.74) is -0.615. The molecule has 0 saturated carbocycles. The van der Waals surface area contributed by atoms with E-state index in [0.29, 0.717) is 25.7 Å². The van der Waals surface area contributed by atoms with Gasteiger partial charge in [0.2, 0.25) is 0 Å². The Morgan fingerprint density at radius 3 is 1.26 bits per heavy atom. The molecule has 3 unspecified atom stereocenters. The summed E-state index contributed by atoms with van der Waals surface area (Å²) in [5, 5.41) is 0. The summed E-state index contributed by atoms with van der Waals surface area (Å²) >= 11 is 0. The third-order valence-corrected chi connectivity index (χ3v) is 6.81. The number of hydrogen-bond donors (Lipinski definition) is 0. The van der Waals surface area contributed by atoms with Crippen molar-refractivity contribution >= 4 is 35.8 Å². The van der Waals surface area contributed by atoms with Crippen molar-refractivity contribution in [2.24, 2.45) is 11.8 Å². The van der Waals surface area contributed by atoms with Crippen LogP contribution in [0.25, 0.3) is 0 Å². The first-order chi connectivity index (χ1) is 22.0. The van der Waals surface area contributed by atoms with E-state index in [0.717, 1.165) is 25.7 Å². The van der Waals surface area contributed by atoms with Crippen LogP contribution in [-0.4, -0.2) is 75.0 Å². The molecule has 0 saturated heterocycles. The Morgan fingerprint density at radius 1 is 0.522 bits per heavy atom. The molecule has 0 rings (SSSR count). The molecule has 0 amide bonds. The summed E-state index contributed by atoms with van der Waals surface area (Å²) in [5.74, 6) is -7.59. The summed E-state index contributed by atoms with van der Waals surface area (Å²) < 4.78 is 31.5. The van der Waals surface area contributed by atoms with Gasteiger partial charge < -0.3 is 28.4 Å². The van der Waals surface area contributed by atoms with Crippen LogP contribution in [0.5, 0.6) is 0 Å². The maximum atomic E-state index is 13.0. The van der Waals surface area contributed by atoms with Crippen LogP contribution in [0.4, 0.5) is 0 Å². The van der Waals surface area contributed by atoms with Gasteiger partial charge in [0.05, 0.1) is 51.1 Å². The molecule has 0 aliphatic heterocycles. The Bertz CT molecular complexity index is 1000. The van der Waals surface area contributed by atoms with Crippen LogP contribution in [0.2, 0.25) is 0 Å². The average Bonchev–Trinajstić information content (AvgIpc) is 3.03. The molecule has 0 aromatic carbocycles. The summed E-state index contributed by atoms with van der Waals surface area (Å²) in [6.45, 7) is 16.9. The molecule has 0 spiro atoms. The smallest absolute Gasteiger partial charge is 0.334 e. The lowest BCUT2D eigenvalue weighted by Crippen LogP contribution is -2.32. The Kier molecular flexibility index (Phi) is 23.4. The van der Waals surface area contributed by atoms with Gasteiger partial charge in [-0.25, -0.2) is 9.59 Å². The SMILES string of the molecule is C=C(C(=O)OCC(CC)OC(=O)C(=C)C(CC(=O)OCCCC)C(=O)OCCCC)C(CC(=O)OCCCC)C(=O)OCCCC. The maximum Gasteiger partial charge on any atom is 0.334 e. The molecule has 12 nitrogen and oxygen atoms in total. The van der Waals surface area contributed by atoms with Crippen molar-refractivity contribution in [3.05, 3.63) is 24.3 Å². The molecule has 46 heavy (non-hydrogen) atoms. The fourth-order valence-electron chi connectivity index (χ4n) is 3.65. The maximum absolute atomic E-state index is 13.0. The minimum Gasteiger partial charge on any atom is -0.466 e. The molecule has 0 fully saturated rings. The third kappa shape index (κ3) is 17.7. The molecule has 0 radical (unpaired) electrons. The van der Waals surface area contributed by atoms with Gasteiger partial charge in [-0.15, -0.1) is 0 Å². The van der Waals surface area contributed by atoms with Crippen molar-refractivity contribution in [2.75, 3.05) is 33.0 Å². The molecular formula is C34H54O12. The summed E-state index contributed by atoms with van der Waals surface area (Å²) in [4.78, 5) is 76.1. The number of esters is 6. The zero-order valence-electron chi connectivity index (χ0n) is 28.4. The number of carbonyl (C=O) groups excluding carboxylic acids is 6. The highest BCUT2D eigenvalue weighted by Crippen LogP contribution is 2.22. The van der Waals surface area contributed by atoms with E-state index < -0.39 is 73.2 Å². The molecule has 0 aromatic heterocycles. The lowest BCUT2D eigenvalue weighted by molar-refractivity contribution is -0.160. The molecule has 3 atom stereocenters. The van der Waals surface area contributed by atoms with E-state index in [9.17, 15) is 28.8 Å². The van der Waals surface area contributed by atoms with Crippen molar-refractivity contribution in [3.63, 3.8) is 0 Å². The van der Waals surface area contributed by atoms with Crippen LogP contribution in [-0.2, 0) is 57.2 Å². The predicted octanol–water partition coefficient (Wildman–Crippen LogP) is 5.35. The fraction of sp³-hybridized carbons (Fsp3) is 0.706. The highest BCUT2D eigenvalue weighted by atomic mass is 16.6. The van der Waals surface area contributed by atoms with Crippen LogP contribution in [0.3, 0.4) is 0 Å². The second-order valence-corrected chi connectivity index (χ2v) is 10.8. The Balaban J connectivity index is 5.49. The fourth-order valence-corrected chi connectivity index (χ4v) is 3.65. The van der Waals surface area contributed by atoms with E-state index in [2.05, 4.69) is 13.2 Å². The van der Waals surface area contributed by atoms with Crippen molar-refractivity contribution in [3.8, 4) is 0 Å². The molecule has 0 aliphatic carbocycles. The van der Waals surface area contributed by atoms with E-state index in [1.165, 1.54) is 0 Å². The summed E-state index contributed by atoms with van der Waals surface area (Å²) in [6, 6.07) is 0. The molecular weight excluding hydrogens is 600 g/mol. The van der Waals surface area contributed by atoms with Crippen molar-refractivity contribution in [1.82, 2.24) is 0 Å². The standard InChI is InChI=1S/C34H54O12/c1-8-13-17-41-29(35)21-27(33(39)43-19-15-10-3)24(6)31(37)45-23-26(12-5)46-32(38)25(7)28(34(40)44-20-16-11-4)22-30(36)42-18-14-9-2/h26-28H,6-23H2,1-5H3. The van der Waals surface area contributed by atoms with E-state index >= 15 is 0 Å². The van der Waals surface area contributed by atoms with E-state index in [1.54, 1.807) is 6.92 Å². The largest absolute Gasteiger partial charge is 0.466 e. The molecule has 262 valence electrons. The molecule has 0 heterocycles. The topological polar surface area (TPSA) is 158 Å². The number of hydrogen-bond acceptors (Lipinski definition) is 12. The first-order valence-corrected chi connectivity index (χ1v) is 16.4. The Morgan fingerprint density at radius 2 is 0.891 bits per heavy atom. The van der Waals surface area contributed by atoms with Gasteiger partial charge in [0.1, 0.15) is 12.7 Å². The number of unbranched alkanes of at least 4 members (excludes halogenated alkanes) is 4. The second-order valence-electron chi connectivity index (χ2n) is 10.8. The van der Waals surface area contributed by atoms with Gasteiger partial charge in [0.25, 0.3) is 0 Å². The molecule has 0 N–H and O–H groups in total. The minimum absolute atomic E-state index is 0.111. The van der Waals surface area contributed by atoms with Gasteiger partial charge in [0.15, 0.2) is 0 Å². The van der Waals surface area contributed by atoms with Gasteiger partial charge in [0, 0.05) is 11.1 Å². The van der Waals surface area contributed by atoms with Crippen molar-refractivity contribution < 1.29 is 57.2 Å². The van der Waals surface area contributed by atoms with Gasteiger partial charge in [-0.05, 0) is 32.1 Å². The van der Waals surface area contributed by atoms with Gasteiger partial charge in [-0.2, -0.15) is 0 Å². The zero-order valence-corrected chi connectivity index (χ0v) is 28.4. The second kappa shape index (κ2) is 25.5. The summed E-state index contributed by atoms with van der Waals surface area (Å²) in [7, 11) is 0. The van der Waals surface area contributed by atoms with Crippen molar-refractivity contribution in [2.45, 2.75) is 111 Å². The van der Waals surface area contributed by atoms with Crippen molar-refractivity contribution in [1.29, 1.82) is 0 Å². The molecule has 0 aliphatic rings. The molecule has 12 heteroatoms. The highest BCUT2D eigenvalue weighted by molar-refractivity contribution is 5.97. The van der Waals surface area contributed by atoms with Crippen LogP contribution in [0, 0.1) is 11.8 Å². The van der Waals surface area contributed by atoms with Gasteiger partial charge in [-0.3, -0.25) is 19.2 Å². The number of ether oxygens (including phenoxy) is 6. The predicted molar refractivity (Wildman–Crippen MR) is 169 cm³/mol. The normalized spacial score (nSPS) is 12.5. The van der Waals surface area contributed by atoms with E-state index in [-0.39, 0.29) is 44.0 Å². The first kappa shape index (κ1) is 42.3. The molecule has 0 bridgehead atoms. The lowest BCUT2D eigenvalue weighted by Gasteiger charge is -2.21. The zero-order chi connectivity index (χ0) is 34.9. The average molecular weight is 655 g/mol. The Hall–Kier alpha value is -3.70. The quantitative estimate of drug-likeness (QED) is 0.0510. The Labute approximate surface area is 273 Å². The number of rotatable bonds is 26. The van der Waals surface area contributed by atoms with Crippen LogP contribution >= 0.6 is 0 Å². The minimum atomic E-state index is -1.32.